The lowest BCUT2D eigenvalue weighted by atomic mass is 10.2. The van der Waals surface area contributed by atoms with Crippen LogP contribution in [-0.4, -0.2) is 20.9 Å². The average molecular weight is 449 g/mol. The summed E-state index contributed by atoms with van der Waals surface area (Å²) in [7, 11) is -3.98. The van der Waals surface area contributed by atoms with Crippen LogP contribution < -0.4 is 14.8 Å². The molecule has 0 spiro atoms. The van der Waals surface area contributed by atoms with Crippen molar-refractivity contribution in [2.45, 2.75) is 11.8 Å². The predicted molar refractivity (Wildman–Crippen MR) is 114 cm³/mol. The van der Waals surface area contributed by atoms with Crippen molar-refractivity contribution in [1.29, 1.82) is 0 Å². The fourth-order valence-electron chi connectivity index (χ4n) is 2.61. The molecule has 0 aliphatic rings. The molecule has 0 aliphatic carbocycles. The lowest BCUT2D eigenvalue weighted by Gasteiger charge is -2.12. The maximum absolute atomic E-state index is 13.3. The Morgan fingerprint density at radius 2 is 1.77 bits per heavy atom. The van der Waals surface area contributed by atoms with Crippen molar-refractivity contribution in [1.82, 2.24) is 0 Å². The zero-order chi connectivity index (χ0) is 21.7. The van der Waals surface area contributed by atoms with Gasteiger partial charge in [0.1, 0.15) is 11.6 Å². The molecule has 30 heavy (non-hydrogen) atoms. The normalized spacial score (nSPS) is 11.0. The van der Waals surface area contributed by atoms with Gasteiger partial charge in [0, 0.05) is 11.4 Å². The topological polar surface area (TPSA) is 84.5 Å². The molecule has 0 fully saturated rings. The minimum atomic E-state index is -3.98. The monoisotopic (exact) mass is 448 g/mol. The molecule has 0 aliphatic heterocycles. The first kappa shape index (κ1) is 21.6. The number of rotatable bonds is 7. The second-order valence-electron chi connectivity index (χ2n) is 6.17. The molecule has 9 heteroatoms. The smallest absolute Gasteiger partial charge is 0.261 e. The highest BCUT2D eigenvalue weighted by atomic mass is 35.5. The van der Waals surface area contributed by atoms with Crippen LogP contribution in [-0.2, 0) is 10.0 Å². The van der Waals surface area contributed by atoms with E-state index in [1.54, 1.807) is 24.3 Å². The number of hydrogen-bond donors (Lipinski definition) is 2. The van der Waals surface area contributed by atoms with Crippen molar-refractivity contribution in [3.63, 3.8) is 0 Å². The molecule has 0 heterocycles. The van der Waals surface area contributed by atoms with E-state index < -0.39 is 21.7 Å². The average Bonchev–Trinajstić information content (AvgIpc) is 2.69. The molecular formula is C21H18ClFN2O4S. The molecule has 0 atom stereocenters. The summed E-state index contributed by atoms with van der Waals surface area (Å²) in [5.74, 6) is -0.568. The first-order chi connectivity index (χ1) is 14.3. The summed E-state index contributed by atoms with van der Waals surface area (Å²) in [6.07, 6.45) is 0. The van der Waals surface area contributed by atoms with Gasteiger partial charge in [-0.3, -0.25) is 9.52 Å². The quantitative estimate of drug-likeness (QED) is 0.536. The summed E-state index contributed by atoms with van der Waals surface area (Å²) in [6.45, 7) is 2.34. The van der Waals surface area contributed by atoms with Crippen LogP contribution in [0.1, 0.15) is 17.3 Å². The molecular weight excluding hydrogens is 431 g/mol. The molecule has 1 amide bonds. The van der Waals surface area contributed by atoms with Crippen molar-refractivity contribution in [3.8, 4) is 5.75 Å². The molecule has 0 saturated heterocycles. The van der Waals surface area contributed by atoms with Gasteiger partial charge in [0.25, 0.3) is 15.9 Å². The number of sulfonamides is 1. The Balaban J connectivity index is 1.83. The minimum Gasteiger partial charge on any atom is -0.494 e. The number of ether oxygens (including phenoxy) is 1. The van der Waals surface area contributed by atoms with Crippen molar-refractivity contribution < 1.29 is 22.3 Å². The zero-order valence-electron chi connectivity index (χ0n) is 15.9. The van der Waals surface area contributed by atoms with E-state index in [9.17, 15) is 17.6 Å². The van der Waals surface area contributed by atoms with Crippen LogP contribution in [0.15, 0.2) is 71.6 Å². The Morgan fingerprint density at radius 1 is 1.03 bits per heavy atom. The number of carbonyl (C=O) groups is 1. The maximum Gasteiger partial charge on any atom is 0.261 e. The van der Waals surface area contributed by atoms with Gasteiger partial charge in [-0.05, 0) is 67.6 Å². The van der Waals surface area contributed by atoms with Crippen LogP contribution in [0.4, 0.5) is 15.8 Å². The number of anilines is 2. The van der Waals surface area contributed by atoms with Crippen molar-refractivity contribution in [3.05, 3.63) is 83.1 Å². The summed E-state index contributed by atoms with van der Waals surface area (Å²) in [5, 5.41) is 2.55. The molecule has 0 aromatic heterocycles. The summed E-state index contributed by atoms with van der Waals surface area (Å²) < 4.78 is 46.6. The molecule has 0 bridgehead atoms. The molecule has 0 saturated carbocycles. The number of benzene rings is 3. The molecule has 3 aromatic carbocycles. The van der Waals surface area contributed by atoms with Gasteiger partial charge in [-0.1, -0.05) is 17.7 Å². The number of amides is 1. The third-order valence-electron chi connectivity index (χ3n) is 3.99. The van der Waals surface area contributed by atoms with Gasteiger partial charge >= 0.3 is 0 Å². The van der Waals surface area contributed by atoms with Gasteiger partial charge in [-0.2, -0.15) is 0 Å². The third kappa shape index (κ3) is 5.28. The van der Waals surface area contributed by atoms with E-state index in [2.05, 4.69) is 10.0 Å². The van der Waals surface area contributed by atoms with Crippen molar-refractivity contribution >= 4 is 38.9 Å². The Morgan fingerprint density at radius 3 is 2.43 bits per heavy atom. The lowest BCUT2D eigenvalue weighted by molar-refractivity contribution is 0.102. The van der Waals surface area contributed by atoms with E-state index in [1.807, 2.05) is 6.92 Å². The van der Waals surface area contributed by atoms with Crippen LogP contribution in [0.3, 0.4) is 0 Å². The number of carbonyl (C=O) groups excluding carboxylic acids is 1. The van der Waals surface area contributed by atoms with Crippen LogP contribution in [0.2, 0.25) is 5.02 Å². The Labute approximate surface area is 178 Å². The summed E-state index contributed by atoms with van der Waals surface area (Å²) in [4.78, 5) is 12.4. The summed E-state index contributed by atoms with van der Waals surface area (Å²) in [6, 6.07) is 15.5. The SMILES string of the molecule is CCOc1ccc(NS(=O)(=O)c2ccc(Cl)c(C(=O)Nc3cccc(F)c3)c2)cc1. The van der Waals surface area contributed by atoms with E-state index in [0.717, 1.165) is 12.1 Å². The van der Waals surface area contributed by atoms with E-state index in [-0.39, 0.29) is 21.2 Å². The Bertz CT molecular complexity index is 1170. The highest BCUT2D eigenvalue weighted by Gasteiger charge is 2.19. The molecule has 156 valence electrons. The van der Waals surface area contributed by atoms with Gasteiger partial charge < -0.3 is 10.1 Å². The van der Waals surface area contributed by atoms with Gasteiger partial charge in [-0.15, -0.1) is 0 Å². The number of halogens is 2. The molecule has 0 unspecified atom stereocenters. The molecule has 6 nitrogen and oxygen atoms in total. The van der Waals surface area contributed by atoms with Crippen molar-refractivity contribution in [2.24, 2.45) is 0 Å². The first-order valence-corrected chi connectivity index (χ1v) is 10.8. The largest absolute Gasteiger partial charge is 0.494 e. The standard InChI is InChI=1S/C21H18ClFN2O4S/c1-2-29-17-8-6-15(7-9-17)25-30(27,28)18-10-11-20(22)19(13-18)21(26)24-16-5-3-4-14(23)12-16/h3-13,25H,2H2,1H3,(H,24,26). The van der Waals surface area contributed by atoms with Gasteiger partial charge in [-0.25, -0.2) is 12.8 Å². The van der Waals surface area contributed by atoms with Crippen LogP contribution in [0.25, 0.3) is 0 Å². The van der Waals surface area contributed by atoms with Gasteiger partial charge in [0.05, 0.1) is 22.1 Å². The van der Waals surface area contributed by atoms with Crippen LogP contribution >= 0.6 is 11.6 Å². The van der Waals surface area contributed by atoms with E-state index in [4.69, 9.17) is 16.3 Å². The zero-order valence-corrected chi connectivity index (χ0v) is 17.4. The third-order valence-corrected chi connectivity index (χ3v) is 5.70. The fraction of sp³-hybridized carbons (Fsp3) is 0.0952. The van der Waals surface area contributed by atoms with E-state index in [1.165, 1.54) is 30.3 Å². The molecule has 3 aromatic rings. The van der Waals surface area contributed by atoms with Crippen LogP contribution in [0.5, 0.6) is 5.75 Å². The highest BCUT2D eigenvalue weighted by Crippen LogP contribution is 2.24. The first-order valence-electron chi connectivity index (χ1n) is 8.90. The van der Waals surface area contributed by atoms with Crippen molar-refractivity contribution in [2.75, 3.05) is 16.6 Å². The Hall–Kier alpha value is -3.10. The molecule has 2 N–H and O–H groups in total. The van der Waals surface area contributed by atoms with E-state index >= 15 is 0 Å². The summed E-state index contributed by atoms with van der Waals surface area (Å²) in [5.41, 5.74) is 0.492. The lowest BCUT2D eigenvalue weighted by Crippen LogP contribution is -2.16. The summed E-state index contributed by atoms with van der Waals surface area (Å²) >= 11 is 6.08. The predicted octanol–water partition coefficient (Wildman–Crippen LogP) is 4.93. The molecule has 0 radical (unpaired) electrons. The molecule has 3 rings (SSSR count). The van der Waals surface area contributed by atoms with E-state index in [0.29, 0.717) is 18.0 Å². The second kappa shape index (κ2) is 9.15. The second-order valence-corrected chi connectivity index (χ2v) is 8.26. The maximum atomic E-state index is 13.3. The minimum absolute atomic E-state index is 0.0592. The fourth-order valence-corrected chi connectivity index (χ4v) is 3.90. The number of nitrogens with one attached hydrogen (secondary N) is 2. The van der Waals surface area contributed by atoms with Crippen LogP contribution in [0, 0.1) is 5.82 Å². The Kier molecular flexibility index (Phi) is 6.59. The van der Waals surface area contributed by atoms with Gasteiger partial charge in [0.2, 0.25) is 0 Å². The van der Waals surface area contributed by atoms with Gasteiger partial charge in [0.15, 0.2) is 0 Å². The highest BCUT2D eigenvalue weighted by molar-refractivity contribution is 7.92. The number of hydrogen-bond acceptors (Lipinski definition) is 4.